The maximum absolute atomic E-state index is 12.6. The van der Waals surface area contributed by atoms with Crippen molar-refractivity contribution in [3.05, 3.63) is 60.9 Å². The highest BCUT2D eigenvalue weighted by atomic mass is 32.2. The fourth-order valence-electron chi connectivity index (χ4n) is 3.07. The molecule has 0 aliphatic rings. The van der Waals surface area contributed by atoms with Crippen LogP contribution in [0.4, 0.5) is 0 Å². The van der Waals surface area contributed by atoms with E-state index in [9.17, 15) is 4.55 Å². The van der Waals surface area contributed by atoms with Crippen molar-refractivity contribution in [1.82, 2.24) is 19.6 Å². The van der Waals surface area contributed by atoms with Crippen molar-refractivity contribution in [2.75, 3.05) is 12.9 Å². The van der Waals surface area contributed by atoms with Gasteiger partial charge in [-0.3, -0.25) is 4.98 Å². The van der Waals surface area contributed by atoms with Crippen molar-refractivity contribution in [2.45, 2.75) is 24.8 Å². The Hall–Kier alpha value is -2.90. The largest absolute Gasteiger partial charge is 0.610 e. The standard InChI is InChI=1S/C22H22N4O2S/c1-3-4-12-29(27)22-14-21-24-19(16-7-9-18(28-2)10-8-16)13-20(26(21)25-22)17-6-5-11-23-15-17/h5-11,13-15H,3-4,12H2,1-2H3. The van der Waals surface area contributed by atoms with Gasteiger partial charge in [0, 0.05) is 34.7 Å². The lowest BCUT2D eigenvalue weighted by atomic mass is 10.1. The van der Waals surface area contributed by atoms with Gasteiger partial charge in [0.25, 0.3) is 5.03 Å². The molecule has 0 fully saturated rings. The van der Waals surface area contributed by atoms with Gasteiger partial charge in [-0.1, -0.05) is 13.3 Å². The first-order valence-electron chi connectivity index (χ1n) is 9.53. The summed E-state index contributed by atoms with van der Waals surface area (Å²) in [6.07, 6.45) is 5.43. The van der Waals surface area contributed by atoms with Crippen LogP contribution in [0.2, 0.25) is 0 Å². The van der Waals surface area contributed by atoms with Crippen molar-refractivity contribution < 1.29 is 9.29 Å². The smallest absolute Gasteiger partial charge is 0.265 e. The number of benzene rings is 1. The molecule has 4 rings (SSSR count). The molecular formula is C22H22N4O2S. The summed E-state index contributed by atoms with van der Waals surface area (Å²) in [4.78, 5) is 9.01. The van der Waals surface area contributed by atoms with Crippen LogP contribution in [0.3, 0.4) is 0 Å². The summed E-state index contributed by atoms with van der Waals surface area (Å²) in [7, 11) is 1.65. The number of methoxy groups -OCH3 is 1. The molecule has 29 heavy (non-hydrogen) atoms. The van der Waals surface area contributed by atoms with Crippen LogP contribution in [0.15, 0.2) is 66.0 Å². The first-order chi connectivity index (χ1) is 14.2. The molecule has 0 amide bonds. The van der Waals surface area contributed by atoms with Gasteiger partial charge < -0.3 is 9.29 Å². The summed E-state index contributed by atoms with van der Waals surface area (Å²) in [6.45, 7) is 2.09. The van der Waals surface area contributed by atoms with Gasteiger partial charge in [-0.2, -0.15) is 0 Å². The van der Waals surface area contributed by atoms with Crippen LogP contribution in [0.5, 0.6) is 5.75 Å². The van der Waals surface area contributed by atoms with Crippen LogP contribution in [-0.2, 0) is 11.2 Å². The predicted octanol–water partition coefficient (Wildman–Crippen LogP) is 4.37. The van der Waals surface area contributed by atoms with E-state index < -0.39 is 11.2 Å². The van der Waals surface area contributed by atoms with Gasteiger partial charge in [-0.05, 0) is 48.9 Å². The molecule has 1 atom stereocenters. The van der Waals surface area contributed by atoms with Gasteiger partial charge in [-0.15, -0.1) is 5.10 Å². The predicted molar refractivity (Wildman–Crippen MR) is 114 cm³/mol. The zero-order valence-corrected chi connectivity index (χ0v) is 17.2. The number of hydrogen-bond acceptors (Lipinski definition) is 5. The molecule has 3 heterocycles. The third kappa shape index (κ3) is 4.11. The minimum Gasteiger partial charge on any atom is -0.610 e. The molecule has 6 nitrogen and oxygen atoms in total. The zero-order chi connectivity index (χ0) is 20.2. The second-order valence-corrected chi connectivity index (χ2v) is 8.17. The SMILES string of the molecule is CCCC[S+]([O-])c1cc2nc(-c3ccc(OC)cc3)cc(-c3cccnc3)n2n1. The lowest BCUT2D eigenvalue weighted by Gasteiger charge is -2.09. The van der Waals surface area contributed by atoms with E-state index in [4.69, 9.17) is 9.72 Å². The first-order valence-corrected chi connectivity index (χ1v) is 10.9. The fourth-order valence-corrected chi connectivity index (χ4v) is 4.24. The van der Waals surface area contributed by atoms with Crippen LogP contribution in [-0.4, -0.2) is 37.0 Å². The summed E-state index contributed by atoms with van der Waals surface area (Å²) in [5.74, 6) is 1.40. The van der Waals surface area contributed by atoms with E-state index >= 15 is 0 Å². The molecule has 1 aromatic carbocycles. The molecule has 0 saturated heterocycles. The van der Waals surface area contributed by atoms with Gasteiger partial charge in [-0.25, -0.2) is 9.50 Å². The second kappa shape index (κ2) is 8.63. The second-order valence-electron chi connectivity index (χ2n) is 6.65. The van der Waals surface area contributed by atoms with Crippen LogP contribution >= 0.6 is 0 Å². The highest BCUT2D eigenvalue weighted by molar-refractivity contribution is 7.91. The Morgan fingerprint density at radius 3 is 2.62 bits per heavy atom. The van der Waals surface area contributed by atoms with Gasteiger partial charge in [0.1, 0.15) is 11.5 Å². The molecular weight excluding hydrogens is 384 g/mol. The number of rotatable bonds is 7. The lowest BCUT2D eigenvalue weighted by Crippen LogP contribution is -2.07. The Morgan fingerprint density at radius 2 is 1.93 bits per heavy atom. The van der Waals surface area contributed by atoms with Gasteiger partial charge in [0.2, 0.25) is 0 Å². The Balaban J connectivity index is 1.85. The highest BCUT2D eigenvalue weighted by Crippen LogP contribution is 2.28. The minimum absolute atomic E-state index is 0.558. The molecule has 3 aromatic heterocycles. The van der Waals surface area contributed by atoms with E-state index in [0.717, 1.165) is 41.1 Å². The van der Waals surface area contributed by atoms with Crippen LogP contribution < -0.4 is 4.74 Å². The lowest BCUT2D eigenvalue weighted by molar-refractivity contribution is 0.415. The van der Waals surface area contributed by atoms with Crippen molar-refractivity contribution >= 4 is 16.8 Å². The molecule has 0 spiro atoms. The van der Waals surface area contributed by atoms with E-state index in [-0.39, 0.29) is 0 Å². The van der Waals surface area contributed by atoms with E-state index in [0.29, 0.717) is 16.4 Å². The average Bonchev–Trinajstić information content (AvgIpc) is 3.22. The Bertz CT molecular complexity index is 1100. The van der Waals surface area contributed by atoms with E-state index in [1.54, 1.807) is 24.0 Å². The van der Waals surface area contributed by atoms with Crippen molar-refractivity contribution in [3.63, 3.8) is 0 Å². The molecule has 1 unspecified atom stereocenters. The van der Waals surface area contributed by atoms with Crippen LogP contribution in [0.25, 0.3) is 28.2 Å². The minimum atomic E-state index is -1.14. The van der Waals surface area contributed by atoms with E-state index in [1.165, 1.54) is 0 Å². The molecule has 7 heteroatoms. The van der Waals surface area contributed by atoms with E-state index in [2.05, 4.69) is 17.0 Å². The number of unbranched alkanes of at least 4 members (excludes halogenated alkanes) is 1. The normalized spacial score (nSPS) is 12.2. The monoisotopic (exact) mass is 406 g/mol. The Morgan fingerprint density at radius 1 is 1.10 bits per heavy atom. The molecule has 0 radical (unpaired) electrons. The molecule has 148 valence electrons. The molecule has 0 bridgehead atoms. The molecule has 4 aromatic rings. The molecule has 0 aliphatic heterocycles. The maximum Gasteiger partial charge on any atom is 0.265 e. The maximum atomic E-state index is 12.6. The van der Waals surface area contributed by atoms with E-state index in [1.807, 2.05) is 48.5 Å². The summed E-state index contributed by atoms with van der Waals surface area (Å²) in [5.41, 5.74) is 4.21. The quantitative estimate of drug-likeness (QED) is 0.426. The van der Waals surface area contributed by atoms with Gasteiger partial charge in [0.15, 0.2) is 5.65 Å². The number of aromatic nitrogens is 4. The number of nitrogens with zero attached hydrogens (tertiary/aromatic N) is 4. The van der Waals surface area contributed by atoms with Gasteiger partial charge in [0.05, 0.1) is 24.6 Å². The summed E-state index contributed by atoms with van der Waals surface area (Å²) >= 11 is -1.14. The zero-order valence-electron chi connectivity index (χ0n) is 16.4. The third-order valence-electron chi connectivity index (χ3n) is 4.66. The number of ether oxygens (including phenoxy) is 1. The fraction of sp³-hybridized carbons (Fsp3) is 0.227. The molecule has 0 saturated carbocycles. The Kier molecular flexibility index (Phi) is 5.78. The summed E-state index contributed by atoms with van der Waals surface area (Å²) in [5, 5.41) is 5.17. The number of pyridine rings is 1. The number of hydrogen-bond donors (Lipinski definition) is 0. The van der Waals surface area contributed by atoms with Gasteiger partial charge >= 0.3 is 0 Å². The van der Waals surface area contributed by atoms with Crippen molar-refractivity contribution in [1.29, 1.82) is 0 Å². The van der Waals surface area contributed by atoms with Crippen molar-refractivity contribution in [2.24, 2.45) is 0 Å². The first kappa shape index (κ1) is 19.4. The molecule has 0 aliphatic carbocycles. The highest BCUT2D eigenvalue weighted by Gasteiger charge is 2.19. The van der Waals surface area contributed by atoms with Crippen LogP contribution in [0, 0.1) is 0 Å². The van der Waals surface area contributed by atoms with Crippen molar-refractivity contribution in [3.8, 4) is 28.3 Å². The average molecular weight is 407 g/mol. The third-order valence-corrected chi connectivity index (χ3v) is 5.99. The Labute approximate surface area is 172 Å². The molecule has 0 N–H and O–H groups in total. The summed E-state index contributed by atoms with van der Waals surface area (Å²) in [6, 6.07) is 15.4. The number of fused-ring (bicyclic) bond motifs is 1. The summed E-state index contributed by atoms with van der Waals surface area (Å²) < 4.78 is 19.6. The van der Waals surface area contributed by atoms with Crippen LogP contribution in [0.1, 0.15) is 19.8 Å². The topological polar surface area (TPSA) is 75.4 Å².